The number of ether oxygens (including phenoxy) is 1. The Morgan fingerprint density at radius 1 is 1.39 bits per heavy atom. The first-order valence-electron chi connectivity index (χ1n) is 7.28. The van der Waals surface area contributed by atoms with Crippen LogP contribution in [0.4, 0.5) is 0 Å². The molecule has 1 aliphatic carbocycles. The first-order valence-corrected chi connectivity index (χ1v) is 7.28. The van der Waals surface area contributed by atoms with Crippen LogP contribution in [0.1, 0.15) is 39.5 Å². The SMILES string of the molecule is C[C@@H]1CCC[C@H](OCC(=O)N2CCNC[C@@H]2C)C1. The lowest BCUT2D eigenvalue weighted by atomic mass is 9.89. The van der Waals surface area contributed by atoms with Crippen molar-refractivity contribution in [2.45, 2.75) is 51.7 Å². The molecule has 0 bridgehead atoms. The first-order chi connectivity index (χ1) is 8.66. The van der Waals surface area contributed by atoms with Crippen molar-refractivity contribution < 1.29 is 9.53 Å². The van der Waals surface area contributed by atoms with Gasteiger partial charge in [0.1, 0.15) is 6.61 Å². The molecule has 0 aromatic heterocycles. The van der Waals surface area contributed by atoms with Crippen LogP contribution in [0.3, 0.4) is 0 Å². The van der Waals surface area contributed by atoms with Crippen LogP contribution >= 0.6 is 0 Å². The van der Waals surface area contributed by atoms with Crippen molar-refractivity contribution in [1.29, 1.82) is 0 Å². The third-order valence-corrected chi connectivity index (χ3v) is 4.15. The molecular weight excluding hydrogens is 228 g/mol. The maximum Gasteiger partial charge on any atom is 0.248 e. The van der Waals surface area contributed by atoms with E-state index >= 15 is 0 Å². The van der Waals surface area contributed by atoms with Gasteiger partial charge >= 0.3 is 0 Å². The van der Waals surface area contributed by atoms with Crippen LogP contribution in [0.2, 0.25) is 0 Å². The van der Waals surface area contributed by atoms with Gasteiger partial charge in [0.2, 0.25) is 5.91 Å². The van der Waals surface area contributed by atoms with Crippen LogP contribution in [-0.2, 0) is 9.53 Å². The Hall–Kier alpha value is -0.610. The van der Waals surface area contributed by atoms with Crippen LogP contribution in [-0.4, -0.2) is 49.2 Å². The number of nitrogens with zero attached hydrogens (tertiary/aromatic N) is 1. The quantitative estimate of drug-likeness (QED) is 0.828. The van der Waals surface area contributed by atoms with E-state index in [1.165, 1.54) is 12.8 Å². The van der Waals surface area contributed by atoms with Gasteiger partial charge in [-0.25, -0.2) is 0 Å². The lowest BCUT2D eigenvalue weighted by Gasteiger charge is -2.34. The monoisotopic (exact) mass is 254 g/mol. The summed E-state index contributed by atoms with van der Waals surface area (Å²) >= 11 is 0. The number of carbonyl (C=O) groups is 1. The lowest BCUT2D eigenvalue weighted by Crippen LogP contribution is -2.53. The zero-order valence-electron chi connectivity index (χ0n) is 11.7. The maximum atomic E-state index is 12.1. The summed E-state index contributed by atoms with van der Waals surface area (Å²) in [7, 11) is 0. The van der Waals surface area contributed by atoms with Gasteiger partial charge in [0.25, 0.3) is 0 Å². The predicted octanol–water partition coefficient (Wildman–Crippen LogP) is 1.40. The van der Waals surface area contributed by atoms with Gasteiger partial charge in [-0.05, 0) is 25.7 Å². The fourth-order valence-corrected chi connectivity index (χ4v) is 3.01. The zero-order chi connectivity index (χ0) is 13.0. The highest BCUT2D eigenvalue weighted by atomic mass is 16.5. The summed E-state index contributed by atoms with van der Waals surface area (Å²) in [6.07, 6.45) is 5.09. The molecule has 2 fully saturated rings. The summed E-state index contributed by atoms with van der Waals surface area (Å²) in [6, 6.07) is 0.292. The standard InChI is InChI=1S/C14H26N2O2/c1-11-4-3-5-13(8-11)18-10-14(17)16-7-6-15-9-12(16)2/h11-13,15H,3-10H2,1-2H3/t11-,12+,13+/m1/s1. The molecule has 1 aliphatic heterocycles. The Bertz CT molecular complexity index is 283. The molecule has 0 aromatic carbocycles. The smallest absolute Gasteiger partial charge is 0.248 e. The minimum Gasteiger partial charge on any atom is -0.368 e. The van der Waals surface area contributed by atoms with Gasteiger partial charge in [0.05, 0.1) is 6.10 Å². The molecule has 1 heterocycles. The molecule has 0 radical (unpaired) electrons. The summed E-state index contributed by atoms with van der Waals surface area (Å²) in [5.74, 6) is 0.902. The minimum absolute atomic E-state index is 0.155. The Balaban J connectivity index is 1.73. The number of rotatable bonds is 3. The van der Waals surface area contributed by atoms with Gasteiger partial charge < -0.3 is 15.0 Å². The first kappa shape index (κ1) is 13.8. The summed E-state index contributed by atoms with van der Waals surface area (Å²) in [6.45, 7) is 7.23. The second-order valence-electron chi connectivity index (χ2n) is 5.85. The fraction of sp³-hybridized carbons (Fsp3) is 0.929. The number of carbonyl (C=O) groups excluding carboxylic acids is 1. The summed E-state index contributed by atoms with van der Waals surface area (Å²) in [4.78, 5) is 14.1. The molecule has 3 atom stereocenters. The number of hydrogen-bond donors (Lipinski definition) is 1. The van der Waals surface area contributed by atoms with E-state index in [-0.39, 0.29) is 12.5 Å². The van der Waals surface area contributed by atoms with E-state index in [1.54, 1.807) is 0 Å². The van der Waals surface area contributed by atoms with Gasteiger partial charge in [-0.2, -0.15) is 0 Å². The average molecular weight is 254 g/mol. The second kappa shape index (κ2) is 6.53. The van der Waals surface area contributed by atoms with Crippen LogP contribution in [0.25, 0.3) is 0 Å². The average Bonchev–Trinajstić information content (AvgIpc) is 2.37. The molecule has 2 rings (SSSR count). The van der Waals surface area contributed by atoms with Crippen LogP contribution in [0.5, 0.6) is 0 Å². The van der Waals surface area contributed by atoms with E-state index in [2.05, 4.69) is 19.2 Å². The fourth-order valence-electron chi connectivity index (χ4n) is 3.01. The maximum absolute atomic E-state index is 12.1. The Morgan fingerprint density at radius 3 is 2.94 bits per heavy atom. The Kier molecular flexibility index (Phi) is 5.01. The molecule has 4 heteroatoms. The highest BCUT2D eigenvalue weighted by Gasteiger charge is 2.25. The van der Waals surface area contributed by atoms with Crippen molar-refractivity contribution >= 4 is 5.91 Å². The van der Waals surface area contributed by atoms with Gasteiger partial charge in [0.15, 0.2) is 0 Å². The third kappa shape index (κ3) is 3.69. The van der Waals surface area contributed by atoms with Crippen LogP contribution in [0, 0.1) is 5.92 Å². The van der Waals surface area contributed by atoms with Gasteiger partial charge in [-0.15, -0.1) is 0 Å². The molecule has 0 unspecified atom stereocenters. The van der Waals surface area contributed by atoms with E-state index in [9.17, 15) is 4.79 Å². The van der Waals surface area contributed by atoms with Crippen molar-refractivity contribution in [3.63, 3.8) is 0 Å². The molecule has 4 nitrogen and oxygen atoms in total. The number of amides is 1. The van der Waals surface area contributed by atoms with E-state index in [0.29, 0.717) is 12.1 Å². The number of hydrogen-bond acceptors (Lipinski definition) is 3. The van der Waals surface area contributed by atoms with Crippen LogP contribution < -0.4 is 5.32 Å². The van der Waals surface area contributed by atoms with E-state index in [0.717, 1.165) is 38.4 Å². The van der Waals surface area contributed by atoms with E-state index in [4.69, 9.17) is 4.74 Å². The molecule has 1 N–H and O–H groups in total. The largest absolute Gasteiger partial charge is 0.368 e. The third-order valence-electron chi connectivity index (χ3n) is 4.15. The molecule has 0 spiro atoms. The molecule has 0 aromatic rings. The van der Waals surface area contributed by atoms with Crippen molar-refractivity contribution in [3.05, 3.63) is 0 Å². The van der Waals surface area contributed by atoms with Crippen molar-refractivity contribution in [2.75, 3.05) is 26.2 Å². The van der Waals surface area contributed by atoms with Crippen LogP contribution in [0.15, 0.2) is 0 Å². The van der Waals surface area contributed by atoms with E-state index < -0.39 is 0 Å². The zero-order valence-corrected chi connectivity index (χ0v) is 11.7. The van der Waals surface area contributed by atoms with Crippen molar-refractivity contribution in [1.82, 2.24) is 10.2 Å². The van der Waals surface area contributed by atoms with Gasteiger partial charge in [0, 0.05) is 25.7 Å². The number of piperazine rings is 1. The summed E-state index contributed by atoms with van der Waals surface area (Å²) in [5, 5.41) is 3.30. The summed E-state index contributed by atoms with van der Waals surface area (Å²) < 4.78 is 5.81. The lowest BCUT2D eigenvalue weighted by molar-refractivity contribution is -0.142. The molecule has 104 valence electrons. The molecule has 1 saturated carbocycles. The van der Waals surface area contributed by atoms with Crippen molar-refractivity contribution in [2.24, 2.45) is 5.92 Å². The normalized spacial score (nSPS) is 33.4. The Morgan fingerprint density at radius 2 is 2.22 bits per heavy atom. The molecule has 1 saturated heterocycles. The van der Waals surface area contributed by atoms with Gasteiger partial charge in [-0.1, -0.05) is 19.8 Å². The van der Waals surface area contributed by atoms with Crippen molar-refractivity contribution in [3.8, 4) is 0 Å². The molecule has 2 aliphatic rings. The molecular formula is C14H26N2O2. The number of nitrogens with one attached hydrogen (secondary N) is 1. The Labute approximate surface area is 110 Å². The second-order valence-corrected chi connectivity index (χ2v) is 5.85. The predicted molar refractivity (Wildman–Crippen MR) is 71.4 cm³/mol. The molecule has 1 amide bonds. The topological polar surface area (TPSA) is 41.6 Å². The van der Waals surface area contributed by atoms with Gasteiger partial charge in [-0.3, -0.25) is 4.79 Å². The highest BCUT2D eigenvalue weighted by molar-refractivity contribution is 5.77. The van der Waals surface area contributed by atoms with E-state index in [1.807, 2.05) is 4.90 Å². The minimum atomic E-state index is 0.155. The summed E-state index contributed by atoms with van der Waals surface area (Å²) in [5.41, 5.74) is 0. The highest BCUT2D eigenvalue weighted by Crippen LogP contribution is 2.25. The molecule has 18 heavy (non-hydrogen) atoms.